The van der Waals surface area contributed by atoms with Crippen molar-refractivity contribution in [3.05, 3.63) is 0 Å². The molecule has 0 aliphatic heterocycles. The molecule has 6 heavy (non-hydrogen) atoms. The second-order valence-electron chi connectivity index (χ2n) is 0.179. The summed E-state index contributed by atoms with van der Waals surface area (Å²) in [7, 11) is 0. The highest BCUT2D eigenvalue weighted by molar-refractivity contribution is 3.51. The minimum absolute atomic E-state index is 1.92. The Labute approximate surface area is 36.1 Å². The van der Waals surface area contributed by atoms with E-state index in [1.54, 1.807) is 0 Å². The molecule has 0 fully saturated rings. The maximum atomic E-state index is 7.08. The third-order valence-corrected chi connectivity index (χ3v) is 0.0400. The van der Waals surface area contributed by atoms with E-state index in [9.17, 15) is 0 Å². The average Bonchev–Trinajstić information content (AvgIpc) is 1.72. The molecular weight excluding hydrogens is 84.0 g/mol. The Morgan fingerprint density at radius 1 is 1.00 bits per heavy atom. The summed E-state index contributed by atoms with van der Waals surface area (Å²) in [5.41, 5.74) is 0. The second kappa shape index (κ2) is 29.9. The zero-order valence-corrected chi connectivity index (χ0v) is 3.79. The fourth-order valence-electron chi connectivity index (χ4n) is 0. The lowest BCUT2D eigenvalue weighted by atomic mass is 11.0. The van der Waals surface area contributed by atoms with Gasteiger partial charge in [-0.2, -0.15) is 0 Å². The van der Waals surface area contributed by atoms with E-state index in [4.69, 9.17) is 10.4 Å². The first-order valence-electron chi connectivity index (χ1n) is 1.60. The predicted molar refractivity (Wildman–Crippen MR) is 19.8 cm³/mol. The smallest absolute Gasteiger partial charge is 0.0606 e. The molecule has 4 heteroatoms. The first kappa shape index (κ1) is 8.96. The molecule has 0 unspecified atom stereocenters. The van der Waals surface area contributed by atoms with E-state index >= 15 is 0 Å². The molecule has 0 radical (unpaired) electrons. The van der Waals surface area contributed by atoms with Crippen molar-refractivity contribution >= 4 is 0 Å². The van der Waals surface area contributed by atoms with Crippen molar-refractivity contribution in [1.29, 1.82) is 0 Å². The molecule has 0 bridgehead atoms. The van der Waals surface area contributed by atoms with Gasteiger partial charge in [0.15, 0.2) is 0 Å². The topological polar surface area (TPSA) is 65.2 Å². The van der Waals surface area contributed by atoms with Gasteiger partial charge in [-0.15, -0.1) is 0 Å². The molecule has 0 aromatic carbocycles. The largest absolute Gasteiger partial charge is 0.392 e. The lowest BCUT2D eigenvalue weighted by Crippen LogP contribution is -1.41. The summed E-state index contributed by atoms with van der Waals surface area (Å²) in [6, 6.07) is 0. The summed E-state index contributed by atoms with van der Waals surface area (Å²) in [6.07, 6.45) is 0. The summed E-state index contributed by atoms with van der Waals surface area (Å²) in [5.74, 6) is 0. The maximum Gasteiger partial charge on any atom is 0.0606 e. The Hall–Kier alpha value is -0.800. The van der Waals surface area contributed by atoms with E-state index in [0.29, 0.717) is 0 Å². The van der Waals surface area contributed by atoms with Crippen LogP contribution in [0.15, 0.2) is 10.6 Å². The van der Waals surface area contributed by atoms with Crippen molar-refractivity contribution in [3.8, 4) is 0 Å². The van der Waals surface area contributed by atoms with Crippen LogP contribution in [0.25, 0.3) is 0 Å². The van der Waals surface area contributed by atoms with Crippen LogP contribution in [0.5, 0.6) is 0 Å². The lowest BCUT2D eigenvalue weighted by Gasteiger charge is -1.53. The Bertz CT molecular complexity index is 24.7. The van der Waals surface area contributed by atoms with E-state index < -0.39 is 0 Å². The van der Waals surface area contributed by atoms with E-state index in [0.717, 1.165) is 0 Å². The third kappa shape index (κ3) is 387. The standard InChI is InChI=1S/C2H6.H2N2O2/c1-2;3-1-2-4/h1-2H3;(H,1,4)(H,2,3). The van der Waals surface area contributed by atoms with Crippen LogP contribution in [0.1, 0.15) is 13.8 Å². The van der Waals surface area contributed by atoms with Crippen molar-refractivity contribution in [1.82, 2.24) is 0 Å². The first-order valence-corrected chi connectivity index (χ1v) is 1.60. The monoisotopic (exact) mass is 92.1 g/mol. The quantitative estimate of drug-likeness (QED) is 0.348. The van der Waals surface area contributed by atoms with Gasteiger partial charge in [0.2, 0.25) is 0 Å². The molecule has 0 rings (SSSR count). The highest BCUT2D eigenvalue weighted by Gasteiger charge is 1.34. The molecule has 38 valence electrons. The van der Waals surface area contributed by atoms with Crippen molar-refractivity contribution in [2.24, 2.45) is 10.6 Å². The fourth-order valence-corrected chi connectivity index (χ4v) is 0. The summed E-state index contributed by atoms with van der Waals surface area (Å²) in [5, 5.41) is 18.0. The number of nitrogens with zero attached hydrogens (tertiary/aromatic N) is 2. The van der Waals surface area contributed by atoms with E-state index in [2.05, 4.69) is 0 Å². The van der Waals surface area contributed by atoms with Gasteiger partial charge in [-0.25, -0.2) is 0 Å². The van der Waals surface area contributed by atoms with Gasteiger partial charge in [0.05, 0.1) is 10.6 Å². The minimum atomic E-state index is 1.92. The normalized spacial score (nSPS) is 7.00. The molecule has 4 nitrogen and oxygen atoms in total. The van der Waals surface area contributed by atoms with Gasteiger partial charge in [-0.3, -0.25) is 0 Å². The first-order chi connectivity index (χ1) is 2.91. The Morgan fingerprint density at radius 2 is 1.17 bits per heavy atom. The van der Waals surface area contributed by atoms with Gasteiger partial charge in [0.1, 0.15) is 0 Å². The fraction of sp³-hybridized carbons (Fsp3) is 1.00. The molecule has 0 aromatic heterocycles. The number of hydrogen-bond donors (Lipinski definition) is 2. The number of hydrogen-bond acceptors (Lipinski definition) is 2. The summed E-state index contributed by atoms with van der Waals surface area (Å²) >= 11 is 0. The predicted octanol–water partition coefficient (Wildman–Crippen LogP) is 1.24. The zero-order chi connectivity index (χ0) is 5.41. The molecule has 0 saturated carbocycles. The second-order valence-corrected chi connectivity index (χ2v) is 0.179. The SMILES string of the molecule is CC.ON=NO. The van der Waals surface area contributed by atoms with Crippen LogP contribution in [0.4, 0.5) is 0 Å². The van der Waals surface area contributed by atoms with Gasteiger partial charge in [-0.05, 0) is 0 Å². The summed E-state index contributed by atoms with van der Waals surface area (Å²) < 4.78 is 0. The van der Waals surface area contributed by atoms with Crippen LogP contribution in [-0.2, 0) is 0 Å². The molecule has 2 N–H and O–H groups in total. The van der Waals surface area contributed by atoms with Crippen LogP contribution < -0.4 is 0 Å². The van der Waals surface area contributed by atoms with Gasteiger partial charge in [-0.1, -0.05) is 13.8 Å². The highest BCUT2D eigenvalue weighted by Crippen LogP contribution is 1.46. The van der Waals surface area contributed by atoms with Crippen LogP contribution in [0.2, 0.25) is 0 Å². The number of rotatable bonds is 0. The van der Waals surface area contributed by atoms with Gasteiger partial charge < -0.3 is 10.4 Å². The van der Waals surface area contributed by atoms with E-state index in [1.165, 1.54) is 0 Å². The summed E-state index contributed by atoms with van der Waals surface area (Å²) in [6.45, 7) is 4.00. The van der Waals surface area contributed by atoms with Gasteiger partial charge >= 0.3 is 0 Å². The Kier molecular flexibility index (Phi) is 44.6. The van der Waals surface area contributed by atoms with Gasteiger partial charge in [0.25, 0.3) is 0 Å². The van der Waals surface area contributed by atoms with Crippen molar-refractivity contribution in [2.45, 2.75) is 13.8 Å². The molecule has 0 aromatic rings. The Balaban J connectivity index is 0. The van der Waals surface area contributed by atoms with Gasteiger partial charge in [0, 0.05) is 0 Å². The molecular formula is C2H8N2O2. The minimum Gasteiger partial charge on any atom is -0.392 e. The molecule has 0 aliphatic rings. The lowest BCUT2D eigenvalue weighted by molar-refractivity contribution is 0.177. The van der Waals surface area contributed by atoms with Crippen molar-refractivity contribution < 1.29 is 10.4 Å². The van der Waals surface area contributed by atoms with Crippen LogP contribution in [-0.4, -0.2) is 10.4 Å². The maximum absolute atomic E-state index is 7.08. The molecule has 0 aliphatic carbocycles. The molecule has 0 spiro atoms. The zero-order valence-electron chi connectivity index (χ0n) is 3.79. The molecule has 0 amide bonds. The third-order valence-electron chi connectivity index (χ3n) is 0.0400. The van der Waals surface area contributed by atoms with E-state index in [-0.39, 0.29) is 0 Å². The van der Waals surface area contributed by atoms with E-state index in [1.807, 2.05) is 24.4 Å². The van der Waals surface area contributed by atoms with Crippen LogP contribution >= 0.6 is 0 Å². The molecule has 0 saturated heterocycles. The summed E-state index contributed by atoms with van der Waals surface area (Å²) in [4.78, 5) is 0. The molecule has 0 heterocycles. The molecule has 0 atom stereocenters. The van der Waals surface area contributed by atoms with Crippen LogP contribution in [0, 0.1) is 0 Å². The van der Waals surface area contributed by atoms with Crippen molar-refractivity contribution in [2.75, 3.05) is 0 Å². The van der Waals surface area contributed by atoms with Crippen LogP contribution in [0.3, 0.4) is 0 Å². The highest BCUT2D eigenvalue weighted by atomic mass is 16.5. The Morgan fingerprint density at radius 3 is 1.17 bits per heavy atom. The average molecular weight is 92.1 g/mol. The van der Waals surface area contributed by atoms with Crippen molar-refractivity contribution in [3.63, 3.8) is 0 Å².